The van der Waals surface area contributed by atoms with Crippen LogP contribution < -0.4 is 5.32 Å². The maximum Gasteiger partial charge on any atom is 0.241 e. The Hall–Kier alpha value is -1.66. The van der Waals surface area contributed by atoms with E-state index in [1.165, 1.54) is 22.9 Å². The molecule has 2 aliphatic heterocycles. The predicted molar refractivity (Wildman–Crippen MR) is 101 cm³/mol. The van der Waals surface area contributed by atoms with Crippen LogP contribution in [0.15, 0.2) is 24.3 Å². The lowest BCUT2D eigenvalue weighted by Crippen LogP contribution is -2.51. The number of amides is 1. The molecule has 1 aromatic carbocycles. The number of aryl methyl sites for hydroxylation is 1. The van der Waals surface area contributed by atoms with Crippen molar-refractivity contribution >= 4 is 29.7 Å². The lowest BCUT2D eigenvalue weighted by Gasteiger charge is -2.26. The van der Waals surface area contributed by atoms with Crippen LogP contribution in [0, 0.1) is 0 Å². The first-order chi connectivity index (χ1) is 12.7. The van der Waals surface area contributed by atoms with Gasteiger partial charge < -0.3 is 9.69 Å². The second-order valence-electron chi connectivity index (χ2n) is 7.40. The van der Waals surface area contributed by atoms with E-state index in [2.05, 4.69) is 17.4 Å². The molecule has 0 spiro atoms. The molecular formula is C20H24N2O3S. The zero-order valence-electron chi connectivity index (χ0n) is 14.7. The monoisotopic (exact) mass is 372 g/mol. The van der Waals surface area contributed by atoms with Crippen LogP contribution in [-0.2, 0) is 20.8 Å². The fourth-order valence-corrected chi connectivity index (χ4v) is 5.67. The lowest BCUT2D eigenvalue weighted by atomic mass is 9.93. The Bertz CT molecular complexity index is 723. The topological polar surface area (TPSA) is 66.5 Å². The van der Waals surface area contributed by atoms with Crippen molar-refractivity contribution < 1.29 is 14.4 Å². The van der Waals surface area contributed by atoms with Crippen molar-refractivity contribution in [1.82, 2.24) is 10.2 Å². The summed E-state index contributed by atoms with van der Waals surface area (Å²) < 4.78 is 0. The van der Waals surface area contributed by atoms with Crippen molar-refractivity contribution in [2.24, 2.45) is 0 Å². The highest BCUT2D eigenvalue weighted by atomic mass is 32.2. The highest BCUT2D eigenvalue weighted by molar-refractivity contribution is 8.00. The van der Waals surface area contributed by atoms with Gasteiger partial charge in [-0.25, -0.2) is 0 Å². The summed E-state index contributed by atoms with van der Waals surface area (Å²) in [5, 5.41) is 2.84. The average molecular weight is 372 g/mol. The number of rotatable bonds is 5. The van der Waals surface area contributed by atoms with Gasteiger partial charge in [-0.05, 0) is 42.7 Å². The minimum absolute atomic E-state index is 0.0882. The van der Waals surface area contributed by atoms with E-state index in [0.717, 1.165) is 32.0 Å². The normalized spacial score (nSPS) is 30.4. The molecule has 4 rings (SSSR count). The first-order valence-corrected chi connectivity index (χ1v) is 10.4. The Balaban J connectivity index is 1.44. The zero-order valence-corrected chi connectivity index (χ0v) is 15.5. The summed E-state index contributed by atoms with van der Waals surface area (Å²) in [5.41, 5.74) is 2.64. The molecule has 26 heavy (non-hydrogen) atoms. The van der Waals surface area contributed by atoms with E-state index in [0.29, 0.717) is 18.8 Å². The van der Waals surface area contributed by atoms with Crippen LogP contribution in [0.5, 0.6) is 0 Å². The molecule has 2 saturated heterocycles. The van der Waals surface area contributed by atoms with Gasteiger partial charge in [-0.3, -0.25) is 14.9 Å². The third-order valence-corrected chi connectivity index (χ3v) is 7.12. The van der Waals surface area contributed by atoms with Gasteiger partial charge >= 0.3 is 0 Å². The van der Waals surface area contributed by atoms with Crippen molar-refractivity contribution in [3.8, 4) is 0 Å². The van der Waals surface area contributed by atoms with Gasteiger partial charge in [0.2, 0.25) is 5.91 Å². The summed E-state index contributed by atoms with van der Waals surface area (Å²) in [6, 6.07) is 7.53. The predicted octanol–water partition coefficient (Wildman–Crippen LogP) is 1.90. The Morgan fingerprint density at radius 1 is 1.27 bits per heavy atom. The molecule has 0 saturated carbocycles. The summed E-state index contributed by atoms with van der Waals surface area (Å²) in [7, 11) is 0. The number of likely N-dealkylation sites (tertiary alicyclic amines) is 1. The van der Waals surface area contributed by atoms with E-state index in [1.54, 1.807) is 4.90 Å². The van der Waals surface area contributed by atoms with Gasteiger partial charge in [0.05, 0.1) is 11.3 Å². The number of carbonyl (C=O) groups is 3. The minimum Gasteiger partial charge on any atom is -0.332 e. The number of thioether (sulfide) groups is 1. The first kappa shape index (κ1) is 17.7. The molecule has 138 valence electrons. The number of nitrogens with zero attached hydrogens (tertiary/aromatic N) is 1. The molecule has 1 aromatic rings. The van der Waals surface area contributed by atoms with E-state index in [1.807, 2.05) is 12.1 Å². The molecule has 5 nitrogen and oxygen atoms in total. The summed E-state index contributed by atoms with van der Waals surface area (Å²) >= 11 is 1.52. The van der Waals surface area contributed by atoms with Crippen molar-refractivity contribution in [1.29, 1.82) is 0 Å². The maximum absolute atomic E-state index is 13.0. The smallest absolute Gasteiger partial charge is 0.241 e. The largest absolute Gasteiger partial charge is 0.332 e. The van der Waals surface area contributed by atoms with Gasteiger partial charge in [0.25, 0.3) is 0 Å². The maximum atomic E-state index is 13.0. The molecule has 1 aliphatic carbocycles. The minimum atomic E-state index is -0.496. The molecule has 1 amide bonds. The summed E-state index contributed by atoms with van der Waals surface area (Å²) in [6.45, 7) is 0.613. The molecule has 3 aliphatic rings. The standard InChI is InChI=1S/C20H24N2O3S/c23-11-15-5-3-9-22(15)20(25)18-19(26-12-21-18)17(24)10-14-8-7-13-4-1-2-6-16(13)14/h1-2,4,6,11,14-15,18-19,21H,3,5,7-10,12H2/t14?,15-,18-,19?/m0/s1. The van der Waals surface area contributed by atoms with E-state index >= 15 is 0 Å². The Morgan fingerprint density at radius 2 is 2.12 bits per heavy atom. The van der Waals surface area contributed by atoms with Gasteiger partial charge in [0, 0.05) is 18.8 Å². The third-order valence-electron chi connectivity index (χ3n) is 5.90. The van der Waals surface area contributed by atoms with Crippen molar-refractivity contribution in [2.45, 2.75) is 55.4 Å². The molecule has 0 radical (unpaired) electrons. The second-order valence-corrected chi connectivity index (χ2v) is 8.53. The molecule has 1 N–H and O–H groups in total. The average Bonchev–Trinajstić information content (AvgIpc) is 3.40. The zero-order chi connectivity index (χ0) is 18.1. The SMILES string of the molecule is O=C[C@@H]1CCCN1C(=O)[C@H]1NCSC1C(=O)CC1CCc2ccccc21. The number of benzene rings is 1. The Labute approximate surface area is 157 Å². The highest BCUT2D eigenvalue weighted by Crippen LogP contribution is 2.37. The van der Waals surface area contributed by atoms with Crippen LogP contribution in [0.25, 0.3) is 0 Å². The second kappa shape index (κ2) is 7.53. The van der Waals surface area contributed by atoms with Gasteiger partial charge in [0.1, 0.15) is 18.1 Å². The molecule has 2 fully saturated rings. The number of ketones is 1. The number of carbonyl (C=O) groups excluding carboxylic acids is 3. The number of hydrogen-bond donors (Lipinski definition) is 1. The number of Topliss-reactive ketones (excluding diaryl/α,β-unsaturated/α-hetero) is 1. The van der Waals surface area contributed by atoms with Crippen molar-refractivity contribution in [3.63, 3.8) is 0 Å². The lowest BCUT2D eigenvalue weighted by molar-refractivity contribution is -0.137. The van der Waals surface area contributed by atoms with Gasteiger partial charge in [0.15, 0.2) is 0 Å². The number of fused-ring (bicyclic) bond motifs is 1. The van der Waals surface area contributed by atoms with Crippen LogP contribution in [0.3, 0.4) is 0 Å². The summed E-state index contributed by atoms with van der Waals surface area (Å²) in [4.78, 5) is 38.8. The van der Waals surface area contributed by atoms with Crippen molar-refractivity contribution in [2.75, 3.05) is 12.4 Å². The highest BCUT2D eigenvalue weighted by Gasteiger charge is 2.43. The van der Waals surface area contributed by atoms with Gasteiger partial charge in [-0.15, -0.1) is 11.8 Å². The molecule has 0 bridgehead atoms. The number of aldehydes is 1. The molecule has 4 atom stereocenters. The van der Waals surface area contributed by atoms with Crippen molar-refractivity contribution in [3.05, 3.63) is 35.4 Å². The fourth-order valence-electron chi connectivity index (χ4n) is 4.53. The van der Waals surface area contributed by atoms with Gasteiger partial charge in [-0.1, -0.05) is 24.3 Å². The van der Waals surface area contributed by atoms with Crippen LogP contribution >= 0.6 is 11.8 Å². The molecule has 2 heterocycles. The summed E-state index contributed by atoms with van der Waals surface area (Å²) in [5.74, 6) is 0.940. The number of hydrogen-bond acceptors (Lipinski definition) is 5. The Morgan fingerprint density at radius 3 is 2.96 bits per heavy atom. The molecule has 6 heteroatoms. The van der Waals surface area contributed by atoms with Crippen LogP contribution in [-0.4, -0.2) is 52.6 Å². The molecule has 0 aromatic heterocycles. The van der Waals surface area contributed by atoms with E-state index in [4.69, 9.17) is 0 Å². The van der Waals surface area contributed by atoms with E-state index in [9.17, 15) is 14.4 Å². The third kappa shape index (κ3) is 3.21. The fraction of sp³-hybridized carbons (Fsp3) is 0.550. The molecular weight excluding hydrogens is 348 g/mol. The molecule has 2 unspecified atom stereocenters. The van der Waals surface area contributed by atoms with E-state index < -0.39 is 6.04 Å². The van der Waals surface area contributed by atoms with E-state index in [-0.39, 0.29) is 28.9 Å². The first-order valence-electron chi connectivity index (χ1n) is 9.40. The van der Waals surface area contributed by atoms with Crippen LogP contribution in [0.1, 0.15) is 42.7 Å². The number of nitrogens with one attached hydrogen (secondary N) is 1. The summed E-state index contributed by atoms with van der Waals surface area (Å²) in [6.07, 6.45) is 4.98. The Kier molecular flexibility index (Phi) is 5.14. The van der Waals surface area contributed by atoms with Crippen LogP contribution in [0.4, 0.5) is 0 Å². The quantitative estimate of drug-likeness (QED) is 0.800. The van der Waals surface area contributed by atoms with Gasteiger partial charge in [-0.2, -0.15) is 0 Å². The van der Waals surface area contributed by atoms with Crippen LogP contribution in [0.2, 0.25) is 0 Å².